The summed E-state index contributed by atoms with van der Waals surface area (Å²) in [5.41, 5.74) is -0.134. The molecule has 12 nitrogen and oxygen atoms in total. The molecular weight excluding hydrogens is 462 g/mol. The van der Waals surface area contributed by atoms with Crippen LogP contribution in [0.15, 0.2) is 41.3 Å². The maximum Gasteiger partial charge on any atom is 0.294 e. The Morgan fingerprint density at radius 1 is 0.697 bits per heavy atom. The summed E-state index contributed by atoms with van der Waals surface area (Å²) in [6.07, 6.45) is 0. The molecule has 0 fully saturated rings. The van der Waals surface area contributed by atoms with E-state index in [0.29, 0.717) is 5.75 Å². The smallest absolute Gasteiger partial charge is 0.294 e. The third-order valence-corrected chi connectivity index (χ3v) is 5.14. The first-order chi connectivity index (χ1) is 15.8. The van der Waals surface area contributed by atoms with Crippen LogP contribution in [0.25, 0.3) is 0 Å². The van der Waals surface area contributed by atoms with Crippen LogP contribution in [0.1, 0.15) is 0 Å². The van der Waals surface area contributed by atoms with Crippen LogP contribution >= 0.6 is 0 Å². The van der Waals surface area contributed by atoms with E-state index in [1.807, 2.05) is 0 Å². The number of fused-ring (bicyclic) bond motifs is 2. The van der Waals surface area contributed by atoms with E-state index in [4.69, 9.17) is 28.4 Å². The van der Waals surface area contributed by atoms with Gasteiger partial charge in [0.1, 0.15) is 26.4 Å². The molecule has 33 heavy (non-hydrogen) atoms. The van der Waals surface area contributed by atoms with Gasteiger partial charge in [-0.25, -0.2) is 0 Å². The summed E-state index contributed by atoms with van der Waals surface area (Å²) in [6.45, 7) is 1.19. The molecule has 2 aromatic rings. The number of nitro benzene ring substituents is 1. The SMILES string of the molecule is O=[N+]([O-])c1ccc2c(c1)OCCOCCOc1cc(S(=O)(=O)O)ccc1OCCOCCO2. The van der Waals surface area contributed by atoms with Crippen LogP contribution < -0.4 is 18.9 Å². The van der Waals surface area contributed by atoms with E-state index in [2.05, 4.69) is 0 Å². The lowest BCUT2D eigenvalue weighted by molar-refractivity contribution is -0.385. The molecule has 0 amide bonds. The number of ether oxygens (including phenoxy) is 6. The summed E-state index contributed by atoms with van der Waals surface area (Å²) < 4.78 is 65.3. The van der Waals surface area contributed by atoms with E-state index in [-0.39, 0.29) is 80.7 Å². The highest BCUT2D eigenvalue weighted by Gasteiger charge is 2.16. The van der Waals surface area contributed by atoms with Crippen molar-refractivity contribution in [3.8, 4) is 23.0 Å². The molecular formula is C20H23NO11S. The van der Waals surface area contributed by atoms with Gasteiger partial charge < -0.3 is 28.4 Å². The molecule has 0 radical (unpaired) electrons. The number of benzene rings is 2. The van der Waals surface area contributed by atoms with Gasteiger partial charge in [-0.15, -0.1) is 0 Å². The number of nitro groups is 1. The minimum absolute atomic E-state index is 0.0625. The maximum absolute atomic E-state index is 11.4. The predicted octanol–water partition coefficient (Wildman–Crippen LogP) is 2.10. The Hall–Kier alpha value is -3.13. The largest absolute Gasteiger partial charge is 0.487 e. The van der Waals surface area contributed by atoms with Crippen LogP contribution in [-0.4, -0.2) is 70.7 Å². The zero-order valence-corrected chi connectivity index (χ0v) is 18.3. The molecule has 1 N–H and O–H groups in total. The molecule has 180 valence electrons. The summed E-state index contributed by atoms with van der Waals surface area (Å²) in [7, 11) is -4.41. The molecule has 0 unspecified atom stereocenters. The number of nitrogens with zero attached hydrogens (tertiary/aromatic N) is 1. The molecule has 0 saturated carbocycles. The van der Waals surface area contributed by atoms with Gasteiger partial charge in [-0.1, -0.05) is 0 Å². The third kappa shape index (κ3) is 7.46. The maximum atomic E-state index is 11.4. The molecule has 0 bridgehead atoms. The molecule has 1 heterocycles. The second-order valence-corrected chi connectivity index (χ2v) is 8.01. The molecule has 0 spiro atoms. The van der Waals surface area contributed by atoms with Crippen molar-refractivity contribution in [3.05, 3.63) is 46.5 Å². The fourth-order valence-electron chi connectivity index (χ4n) is 2.77. The van der Waals surface area contributed by atoms with Gasteiger partial charge in [0.25, 0.3) is 15.8 Å². The van der Waals surface area contributed by atoms with Crippen molar-refractivity contribution >= 4 is 15.8 Å². The average Bonchev–Trinajstić information content (AvgIpc) is 2.77. The number of hydrogen-bond acceptors (Lipinski definition) is 10. The Labute approximate surface area is 189 Å². The van der Waals surface area contributed by atoms with Crippen molar-refractivity contribution in [1.29, 1.82) is 0 Å². The number of hydrogen-bond donors (Lipinski definition) is 1. The normalized spacial score (nSPS) is 16.3. The van der Waals surface area contributed by atoms with Gasteiger partial charge in [0.2, 0.25) is 0 Å². The zero-order valence-electron chi connectivity index (χ0n) is 17.5. The first kappa shape index (κ1) is 24.5. The minimum Gasteiger partial charge on any atom is -0.487 e. The van der Waals surface area contributed by atoms with E-state index < -0.39 is 15.0 Å². The Morgan fingerprint density at radius 2 is 1.15 bits per heavy atom. The second-order valence-electron chi connectivity index (χ2n) is 6.59. The molecule has 1 aliphatic rings. The van der Waals surface area contributed by atoms with Crippen LogP contribution in [0.4, 0.5) is 5.69 Å². The van der Waals surface area contributed by atoms with Gasteiger partial charge in [-0.3, -0.25) is 14.7 Å². The fraction of sp³-hybridized carbons (Fsp3) is 0.400. The summed E-state index contributed by atoms with van der Waals surface area (Å²) in [5, 5.41) is 11.0. The molecule has 0 atom stereocenters. The van der Waals surface area contributed by atoms with Crippen LogP contribution in [0, 0.1) is 10.1 Å². The lowest BCUT2D eigenvalue weighted by Crippen LogP contribution is -2.15. The number of non-ortho nitro benzene ring substituents is 1. The van der Waals surface area contributed by atoms with E-state index in [0.717, 1.165) is 6.07 Å². The third-order valence-electron chi connectivity index (χ3n) is 4.29. The van der Waals surface area contributed by atoms with Crippen molar-refractivity contribution in [2.24, 2.45) is 0 Å². The summed E-state index contributed by atoms with van der Waals surface area (Å²) >= 11 is 0. The van der Waals surface area contributed by atoms with Gasteiger partial charge in [-0.2, -0.15) is 8.42 Å². The van der Waals surface area contributed by atoms with E-state index in [1.165, 1.54) is 30.3 Å². The van der Waals surface area contributed by atoms with Crippen LogP contribution in [0.3, 0.4) is 0 Å². The van der Waals surface area contributed by atoms with Gasteiger partial charge in [0, 0.05) is 12.1 Å². The molecule has 13 heteroatoms. The Balaban J connectivity index is 1.67. The van der Waals surface area contributed by atoms with Gasteiger partial charge in [0.15, 0.2) is 23.0 Å². The van der Waals surface area contributed by atoms with Crippen LogP contribution in [0.2, 0.25) is 0 Å². The molecule has 3 rings (SSSR count). The zero-order chi connectivity index (χ0) is 23.7. The van der Waals surface area contributed by atoms with E-state index >= 15 is 0 Å². The van der Waals surface area contributed by atoms with Crippen molar-refractivity contribution in [2.45, 2.75) is 4.90 Å². The molecule has 2 aromatic carbocycles. The van der Waals surface area contributed by atoms with E-state index in [9.17, 15) is 23.1 Å². The highest BCUT2D eigenvalue weighted by Crippen LogP contribution is 2.32. The van der Waals surface area contributed by atoms with Crippen LogP contribution in [0.5, 0.6) is 23.0 Å². The topological polar surface area (TPSA) is 153 Å². The first-order valence-electron chi connectivity index (χ1n) is 9.91. The monoisotopic (exact) mass is 485 g/mol. The summed E-state index contributed by atoms with van der Waals surface area (Å²) in [6, 6.07) is 7.79. The summed E-state index contributed by atoms with van der Waals surface area (Å²) in [5.74, 6) is 0.950. The lowest BCUT2D eigenvalue weighted by atomic mass is 10.3. The average molecular weight is 485 g/mol. The first-order valence-corrected chi connectivity index (χ1v) is 11.4. The fourth-order valence-corrected chi connectivity index (χ4v) is 3.27. The molecule has 1 aliphatic heterocycles. The molecule has 0 saturated heterocycles. The highest BCUT2D eigenvalue weighted by molar-refractivity contribution is 7.85. The van der Waals surface area contributed by atoms with Crippen molar-refractivity contribution in [3.63, 3.8) is 0 Å². The Bertz CT molecular complexity index is 1060. The van der Waals surface area contributed by atoms with Crippen molar-refractivity contribution in [2.75, 3.05) is 52.9 Å². The van der Waals surface area contributed by atoms with Gasteiger partial charge in [-0.05, 0) is 18.2 Å². The standard InChI is InChI=1S/C20H23NO11S/c22-21(23)15-1-3-17-19(13-15)31-11-7-28-8-12-32-20-14-16(33(24,25)26)2-4-18(20)30-10-6-27-5-9-29-17/h1-4,13-14H,5-12H2,(H,24,25,26). The lowest BCUT2D eigenvalue weighted by Gasteiger charge is -2.16. The summed E-state index contributed by atoms with van der Waals surface area (Å²) in [4.78, 5) is 10.2. The van der Waals surface area contributed by atoms with Crippen LogP contribution in [-0.2, 0) is 19.6 Å². The van der Waals surface area contributed by atoms with Gasteiger partial charge >= 0.3 is 0 Å². The predicted molar refractivity (Wildman–Crippen MR) is 113 cm³/mol. The molecule has 0 aliphatic carbocycles. The van der Waals surface area contributed by atoms with Crippen molar-refractivity contribution in [1.82, 2.24) is 0 Å². The highest BCUT2D eigenvalue weighted by atomic mass is 32.2. The quantitative estimate of drug-likeness (QED) is 0.378. The molecule has 0 aromatic heterocycles. The van der Waals surface area contributed by atoms with E-state index in [1.54, 1.807) is 0 Å². The Morgan fingerprint density at radius 3 is 1.64 bits per heavy atom. The van der Waals surface area contributed by atoms with Crippen molar-refractivity contribution < 1.29 is 46.3 Å². The number of rotatable bonds is 2. The Kier molecular flexibility index (Phi) is 8.65. The second kappa shape index (κ2) is 11.7. The van der Waals surface area contributed by atoms with Gasteiger partial charge in [0.05, 0.1) is 42.3 Å². The minimum atomic E-state index is -4.41.